The largest absolute Gasteiger partial charge is 0.492 e. The molecule has 0 aliphatic rings. The molecule has 0 saturated heterocycles. The molecule has 0 amide bonds. The van der Waals surface area contributed by atoms with Gasteiger partial charge < -0.3 is 15.0 Å². The smallest absolute Gasteiger partial charge is 0.138 e. The predicted octanol–water partition coefficient (Wildman–Crippen LogP) is 4.07. The molecule has 0 spiro atoms. The molecule has 96 valence electrons. The van der Waals surface area contributed by atoms with E-state index in [4.69, 9.17) is 16.3 Å². The van der Waals surface area contributed by atoms with Crippen LogP contribution in [-0.4, -0.2) is 11.6 Å². The van der Waals surface area contributed by atoms with Gasteiger partial charge in [-0.15, -0.1) is 0 Å². The van der Waals surface area contributed by atoms with Crippen LogP contribution in [0.4, 0.5) is 5.69 Å². The molecule has 2 N–H and O–H groups in total. The number of hydrogen-bond donors (Lipinski definition) is 2. The summed E-state index contributed by atoms with van der Waals surface area (Å²) in [5.41, 5.74) is 2.20. The second-order valence-corrected chi connectivity index (χ2v) is 4.47. The molecule has 0 atom stereocenters. The fourth-order valence-electron chi connectivity index (χ4n) is 1.61. The van der Waals surface area contributed by atoms with Gasteiger partial charge in [0.15, 0.2) is 0 Å². The first-order valence-electron chi connectivity index (χ1n) is 6.07. The number of aromatic nitrogens is 1. The van der Waals surface area contributed by atoms with Gasteiger partial charge in [-0.25, -0.2) is 0 Å². The monoisotopic (exact) mass is 264 g/mol. The van der Waals surface area contributed by atoms with Crippen LogP contribution in [0.2, 0.25) is 5.02 Å². The van der Waals surface area contributed by atoms with E-state index in [9.17, 15) is 0 Å². The maximum absolute atomic E-state index is 6.15. The van der Waals surface area contributed by atoms with Crippen LogP contribution in [0.5, 0.6) is 5.75 Å². The molecule has 0 saturated carbocycles. The summed E-state index contributed by atoms with van der Waals surface area (Å²) < 4.78 is 5.53. The highest BCUT2D eigenvalue weighted by molar-refractivity contribution is 6.32. The van der Waals surface area contributed by atoms with E-state index in [2.05, 4.69) is 17.2 Å². The highest BCUT2D eigenvalue weighted by Gasteiger charge is 2.02. The molecule has 0 bridgehead atoms. The highest BCUT2D eigenvalue weighted by Crippen LogP contribution is 2.28. The minimum Gasteiger partial charge on any atom is -0.492 e. The molecule has 4 heteroatoms. The number of H-pyrrole nitrogens is 1. The van der Waals surface area contributed by atoms with Crippen LogP contribution in [0.1, 0.15) is 18.9 Å². The molecule has 3 nitrogen and oxygen atoms in total. The quantitative estimate of drug-likeness (QED) is 0.825. The molecule has 2 aromatic rings. The van der Waals surface area contributed by atoms with Gasteiger partial charge in [0, 0.05) is 24.6 Å². The second-order valence-electron chi connectivity index (χ2n) is 4.07. The van der Waals surface area contributed by atoms with E-state index in [0.717, 1.165) is 24.4 Å². The van der Waals surface area contributed by atoms with E-state index < -0.39 is 0 Å². The Balaban J connectivity index is 1.95. The molecular weight excluding hydrogens is 248 g/mol. The summed E-state index contributed by atoms with van der Waals surface area (Å²) in [5.74, 6) is 0.741. The molecule has 18 heavy (non-hydrogen) atoms. The van der Waals surface area contributed by atoms with Gasteiger partial charge in [0.1, 0.15) is 5.75 Å². The minimum absolute atomic E-state index is 0.641. The number of rotatable bonds is 6. The molecule has 1 aromatic carbocycles. The Morgan fingerprint density at radius 3 is 2.89 bits per heavy atom. The normalized spacial score (nSPS) is 10.3. The number of benzene rings is 1. The Morgan fingerprint density at radius 1 is 1.33 bits per heavy atom. The van der Waals surface area contributed by atoms with E-state index in [0.29, 0.717) is 11.6 Å². The Kier molecular flexibility index (Phi) is 4.53. The number of halogens is 1. The summed E-state index contributed by atoms with van der Waals surface area (Å²) in [6, 6.07) is 7.80. The van der Waals surface area contributed by atoms with Crippen molar-refractivity contribution < 1.29 is 4.74 Å². The topological polar surface area (TPSA) is 37.0 Å². The Bertz CT molecular complexity index is 483. The van der Waals surface area contributed by atoms with Crippen molar-refractivity contribution in [3.63, 3.8) is 0 Å². The van der Waals surface area contributed by atoms with Gasteiger partial charge in [-0.05, 0) is 36.2 Å². The molecule has 0 aliphatic carbocycles. The molecule has 1 heterocycles. The van der Waals surface area contributed by atoms with Gasteiger partial charge in [-0.1, -0.05) is 18.5 Å². The lowest BCUT2D eigenvalue weighted by Gasteiger charge is -2.10. The molecule has 0 unspecified atom stereocenters. The van der Waals surface area contributed by atoms with E-state index in [1.54, 1.807) is 0 Å². The average molecular weight is 265 g/mol. The summed E-state index contributed by atoms with van der Waals surface area (Å²) >= 11 is 6.15. The summed E-state index contributed by atoms with van der Waals surface area (Å²) in [7, 11) is 0. The first-order valence-corrected chi connectivity index (χ1v) is 6.45. The first-order chi connectivity index (χ1) is 8.79. The van der Waals surface area contributed by atoms with Crippen molar-refractivity contribution in [1.29, 1.82) is 0 Å². The number of ether oxygens (including phenoxy) is 1. The summed E-state index contributed by atoms with van der Waals surface area (Å²) in [6.45, 7) is 3.53. The predicted molar refractivity (Wildman–Crippen MR) is 75.4 cm³/mol. The van der Waals surface area contributed by atoms with Crippen LogP contribution >= 0.6 is 11.6 Å². The molecule has 0 aliphatic heterocycles. The van der Waals surface area contributed by atoms with Crippen LogP contribution in [-0.2, 0) is 6.54 Å². The number of nitrogens with one attached hydrogen (secondary N) is 2. The Hall–Kier alpha value is -1.61. The molecule has 0 fully saturated rings. The van der Waals surface area contributed by atoms with Gasteiger partial charge in [0.25, 0.3) is 0 Å². The fraction of sp³-hybridized carbons (Fsp3) is 0.286. The number of aromatic amines is 1. The SMILES string of the molecule is CCCOc1ccc(NCc2cc[nH]c2)cc1Cl. The Labute approximate surface area is 112 Å². The maximum Gasteiger partial charge on any atom is 0.138 e. The number of anilines is 1. The lowest BCUT2D eigenvalue weighted by Crippen LogP contribution is -1.99. The van der Waals surface area contributed by atoms with Gasteiger partial charge >= 0.3 is 0 Å². The summed E-state index contributed by atoms with van der Waals surface area (Å²) in [5, 5.41) is 3.95. The molecular formula is C14H17ClN2O. The summed E-state index contributed by atoms with van der Waals surface area (Å²) in [4.78, 5) is 3.02. The lowest BCUT2D eigenvalue weighted by molar-refractivity contribution is 0.317. The van der Waals surface area contributed by atoms with Crippen molar-refractivity contribution >= 4 is 17.3 Å². The molecule has 0 radical (unpaired) electrons. The van der Waals surface area contributed by atoms with Crippen molar-refractivity contribution in [2.45, 2.75) is 19.9 Å². The maximum atomic E-state index is 6.15. The van der Waals surface area contributed by atoms with Gasteiger partial charge in [-0.2, -0.15) is 0 Å². The minimum atomic E-state index is 0.641. The van der Waals surface area contributed by atoms with Crippen LogP contribution in [0.15, 0.2) is 36.7 Å². The van der Waals surface area contributed by atoms with E-state index >= 15 is 0 Å². The highest BCUT2D eigenvalue weighted by atomic mass is 35.5. The summed E-state index contributed by atoms with van der Waals surface area (Å²) in [6.07, 6.45) is 4.85. The van der Waals surface area contributed by atoms with Crippen molar-refractivity contribution in [1.82, 2.24) is 4.98 Å². The zero-order chi connectivity index (χ0) is 12.8. The first kappa shape index (κ1) is 12.8. The van der Waals surface area contributed by atoms with Crippen molar-refractivity contribution in [3.05, 3.63) is 47.2 Å². The lowest BCUT2D eigenvalue weighted by atomic mass is 10.2. The van der Waals surface area contributed by atoms with Crippen molar-refractivity contribution in [2.75, 3.05) is 11.9 Å². The van der Waals surface area contributed by atoms with Crippen LogP contribution < -0.4 is 10.1 Å². The average Bonchev–Trinajstić information content (AvgIpc) is 2.88. The van der Waals surface area contributed by atoms with E-state index in [-0.39, 0.29) is 0 Å². The van der Waals surface area contributed by atoms with Crippen LogP contribution in [0.3, 0.4) is 0 Å². The van der Waals surface area contributed by atoms with Crippen LogP contribution in [0, 0.1) is 0 Å². The molecule has 1 aromatic heterocycles. The third kappa shape index (κ3) is 3.44. The van der Waals surface area contributed by atoms with Crippen LogP contribution in [0.25, 0.3) is 0 Å². The van der Waals surface area contributed by atoms with Gasteiger partial charge in [0.05, 0.1) is 11.6 Å². The zero-order valence-corrected chi connectivity index (χ0v) is 11.1. The van der Waals surface area contributed by atoms with Gasteiger partial charge in [-0.3, -0.25) is 0 Å². The third-order valence-corrected chi connectivity index (χ3v) is 2.85. The van der Waals surface area contributed by atoms with Crippen molar-refractivity contribution in [3.8, 4) is 5.75 Å². The zero-order valence-electron chi connectivity index (χ0n) is 10.4. The Morgan fingerprint density at radius 2 is 2.22 bits per heavy atom. The van der Waals surface area contributed by atoms with E-state index in [1.165, 1.54) is 5.56 Å². The second kappa shape index (κ2) is 6.36. The van der Waals surface area contributed by atoms with Crippen molar-refractivity contribution in [2.24, 2.45) is 0 Å². The molecule has 2 rings (SSSR count). The third-order valence-electron chi connectivity index (χ3n) is 2.55. The van der Waals surface area contributed by atoms with E-state index in [1.807, 2.05) is 36.7 Å². The number of hydrogen-bond acceptors (Lipinski definition) is 2. The van der Waals surface area contributed by atoms with Gasteiger partial charge in [0.2, 0.25) is 0 Å². The standard InChI is InChI=1S/C14H17ClN2O/c1-2-7-18-14-4-3-12(8-13(14)15)17-10-11-5-6-16-9-11/h3-6,8-9,16-17H,2,7,10H2,1H3. The fourth-order valence-corrected chi connectivity index (χ4v) is 1.85.